The highest BCUT2D eigenvalue weighted by Crippen LogP contribution is 2.36. The number of anilines is 1. The second-order valence-corrected chi connectivity index (χ2v) is 9.41. The molecule has 5 rings (SSSR count). The number of hydrogen-bond acceptors (Lipinski definition) is 6. The summed E-state index contributed by atoms with van der Waals surface area (Å²) in [6, 6.07) is 11.2. The zero-order valence-electron chi connectivity index (χ0n) is 17.9. The molecule has 1 N–H and O–H groups in total. The van der Waals surface area contributed by atoms with Crippen LogP contribution in [-0.2, 0) is 4.79 Å². The number of carbonyl (C=O) groups excluding carboxylic acids is 1. The fourth-order valence-electron chi connectivity index (χ4n) is 4.48. The van der Waals surface area contributed by atoms with E-state index in [4.69, 9.17) is 16.3 Å². The maximum atomic E-state index is 12.3. The van der Waals surface area contributed by atoms with Crippen LogP contribution in [-0.4, -0.2) is 51.8 Å². The number of carbonyl (C=O) groups is 1. The lowest BCUT2D eigenvalue weighted by Gasteiger charge is -2.40. The second-order valence-electron chi connectivity index (χ2n) is 8.97. The Bertz CT molecular complexity index is 983. The van der Waals surface area contributed by atoms with Crippen molar-refractivity contribution in [3.05, 3.63) is 47.6 Å². The lowest BCUT2D eigenvalue weighted by molar-refractivity contribution is -0.137. The maximum Gasteiger partial charge on any atom is 0.225 e. The number of amides is 1. The average Bonchev–Trinajstić information content (AvgIpc) is 3.55. The zero-order chi connectivity index (χ0) is 22.1. The predicted octanol–water partition coefficient (Wildman–Crippen LogP) is 4.25. The van der Waals surface area contributed by atoms with Crippen LogP contribution in [0.2, 0.25) is 5.02 Å². The lowest BCUT2D eigenvalue weighted by Crippen LogP contribution is -2.49. The molecule has 1 aromatic heterocycles. The van der Waals surface area contributed by atoms with Gasteiger partial charge in [0.15, 0.2) is 0 Å². The van der Waals surface area contributed by atoms with Gasteiger partial charge in [-0.15, -0.1) is 0 Å². The molecule has 1 amide bonds. The second kappa shape index (κ2) is 8.71. The number of piperidine rings is 1. The molecule has 2 fully saturated rings. The van der Waals surface area contributed by atoms with Crippen molar-refractivity contribution in [2.24, 2.45) is 11.0 Å². The molecule has 1 saturated carbocycles. The molecule has 8 heteroatoms. The van der Waals surface area contributed by atoms with Crippen molar-refractivity contribution in [1.29, 1.82) is 0 Å². The third-order valence-electron chi connectivity index (χ3n) is 6.50. The molecule has 1 aliphatic carbocycles. The van der Waals surface area contributed by atoms with Crippen molar-refractivity contribution in [3.63, 3.8) is 0 Å². The van der Waals surface area contributed by atoms with Gasteiger partial charge >= 0.3 is 0 Å². The van der Waals surface area contributed by atoms with Crippen molar-refractivity contribution in [1.82, 2.24) is 9.88 Å². The molecule has 1 aromatic carbocycles. The Morgan fingerprint density at radius 3 is 2.56 bits per heavy atom. The van der Waals surface area contributed by atoms with Crippen molar-refractivity contribution in [2.45, 2.75) is 50.2 Å². The van der Waals surface area contributed by atoms with Gasteiger partial charge in [0.2, 0.25) is 11.8 Å². The van der Waals surface area contributed by atoms with Crippen molar-refractivity contribution in [3.8, 4) is 11.6 Å². The van der Waals surface area contributed by atoms with E-state index in [2.05, 4.69) is 10.1 Å². The van der Waals surface area contributed by atoms with Gasteiger partial charge in [-0.25, -0.2) is 4.98 Å². The van der Waals surface area contributed by atoms with Crippen LogP contribution in [0.25, 0.3) is 0 Å². The van der Waals surface area contributed by atoms with Gasteiger partial charge in [-0.3, -0.25) is 9.80 Å². The summed E-state index contributed by atoms with van der Waals surface area (Å²) in [7, 11) is 0. The number of likely N-dealkylation sites (tertiary alicyclic amines) is 1. The van der Waals surface area contributed by atoms with Crippen LogP contribution in [0.3, 0.4) is 0 Å². The van der Waals surface area contributed by atoms with Crippen LogP contribution < -0.4 is 9.75 Å². The summed E-state index contributed by atoms with van der Waals surface area (Å²) >= 11 is 5.87. The van der Waals surface area contributed by atoms with Gasteiger partial charge in [-0.2, -0.15) is 5.10 Å². The molecular formula is C24H27ClN4O3. The van der Waals surface area contributed by atoms with E-state index in [9.17, 15) is 9.90 Å². The van der Waals surface area contributed by atoms with Crippen LogP contribution in [0.5, 0.6) is 11.6 Å². The molecule has 7 nitrogen and oxygen atoms in total. The van der Waals surface area contributed by atoms with Gasteiger partial charge in [-0.05, 0) is 62.4 Å². The fraction of sp³-hybridized carbons (Fsp3) is 0.458. The van der Waals surface area contributed by atoms with Crippen LogP contribution in [0.15, 0.2) is 47.7 Å². The minimum Gasteiger partial charge on any atom is -0.439 e. The summed E-state index contributed by atoms with van der Waals surface area (Å²) in [6.07, 6.45) is 8.16. The molecular weight excluding hydrogens is 428 g/mol. The number of ether oxygens (including phenoxy) is 1. The van der Waals surface area contributed by atoms with Gasteiger partial charge in [0.1, 0.15) is 5.75 Å². The van der Waals surface area contributed by atoms with Gasteiger partial charge in [0.05, 0.1) is 22.4 Å². The minimum absolute atomic E-state index is 0.0929. The quantitative estimate of drug-likeness (QED) is 0.706. The van der Waals surface area contributed by atoms with E-state index in [1.165, 1.54) is 0 Å². The summed E-state index contributed by atoms with van der Waals surface area (Å²) in [5, 5.41) is 18.3. The highest BCUT2D eigenvalue weighted by molar-refractivity contribution is 6.30. The number of aromatic nitrogens is 1. The standard InChI is InChI=1S/C24H27ClN4O3/c25-18-3-8-22(26-16-18)32-21-6-4-19(5-7-21)29-20(9-12-27-29)15-24(31)10-13-28(14-11-24)23(30)17-1-2-17/h3-8,12,16-17,20,31H,1-2,9-11,13-15H2. The van der Waals surface area contributed by atoms with E-state index in [1.807, 2.05) is 40.4 Å². The van der Waals surface area contributed by atoms with E-state index in [-0.39, 0.29) is 17.9 Å². The maximum absolute atomic E-state index is 12.3. The highest BCUT2D eigenvalue weighted by Gasteiger charge is 2.41. The SMILES string of the molecule is O=C(C1CC1)N1CCC(O)(CC2CC=NN2c2ccc(Oc3ccc(Cl)cn3)cc2)CC1. The summed E-state index contributed by atoms with van der Waals surface area (Å²) in [4.78, 5) is 18.4. The van der Waals surface area contributed by atoms with Gasteiger partial charge in [0.25, 0.3) is 0 Å². The minimum atomic E-state index is -0.764. The molecule has 1 saturated heterocycles. The largest absolute Gasteiger partial charge is 0.439 e. The van der Waals surface area contributed by atoms with E-state index in [0.717, 1.165) is 24.9 Å². The number of aliphatic hydroxyl groups is 1. The Labute approximate surface area is 192 Å². The van der Waals surface area contributed by atoms with Crippen LogP contribution >= 0.6 is 11.6 Å². The number of benzene rings is 1. The highest BCUT2D eigenvalue weighted by atomic mass is 35.5. The third-order valence-corrected chi connectivity index (χ3v) is 6.72. The monoisotopic (exact) mass is 454 g/mol. The van der Waals surface area contributed by atoms with E-state index in [1.54, 1.807) is 18.3 Å². The Morgan fingerprint density at radius 2 is 1.91 bits per heavy atom. The summed E-state index contributed by atoms with van der Waals surface area (Å²) in [5.41, 5.74) is 0.186. The molecule has 1 atom stereocenters. The molecule has 168 valence electrons. The molecule has 0 spiro atoms. The number of nitrogens with zero attached hydrogens (tertiary/aromatic N) is 4. The molecule has 0 radical (unpaired) electrons. The van der Waals surface area contributed by atoms with Gasteiger partial charge < -0.3 is 14.7 Å². The summed E-state index contributed by atoms with van der Waals surface area (Å²) < 4.78 is 5.77. The van der Waals surface area contributed by atoms with E-state index >= 15 is 0 Å². The zero-order valence-corrected chi connectivity index (χ0v) is 18.6. The molecule has 2 aliphatic heterocycles. The van der Waals surface area contributed by atoms with Crippen LogP contribution in [0.1, 0.15) is 38.5 Å². The van der Waals surface area contributed by atoms with Crippen LogP contribution in [0.4, 0.5) is 5.69 Å². The molecule has 2 aromatic rings. The number of halogens is 1. The third kappa shape index (κ3) is 4.74. The number of rotatable bonds is 6. The molecule has 32 heavy (non-hydrogen) atoms. The van der Waals surface area contributed by atoms with E-state index < -0.39 is 5.60 Å². The Kier molecular flexibility index (Phi) is 5.78. The smallest absolute Gasteiger partial charge is 0.225 e. The van der Waals surface area contributed by atoms with Gasteiger partial charge in [-0.1, -0.05) is 11.6 Å². The molecule has 3 heterocycles. The normalized spacial score (nSPS) is 22.2. The number of hydrogen-bond donors (Lipinski definition) is 1. The Morgan fingerprint density at radius 1 is 1.16 bits per heavy atom. The first-order valence-corrected chi connectivity index (χ1v) is 11.6. The van der Waals surface area contributed by atoms with Crippen molar-refractivity contribution >= 4 is 29.4 Å². The number of pyridine rings is 1. The topological polar surface area (TPSA) is 78.3 Å². The summed E-state index contributed by atoms with van der Waals surface area (Å²) in [6.45, 7) is 1.29. The molecule has 1 unspecified atom stereocenters. The lowest BCUT2D eigenvalue weighted by atomic mass is 9.84. The fourth-order valence-corrected chi connectivity index (χ4v) is 4.59. The first kappa shape index (κ1) is 21.2. The summed E-state index contributed by atoms with van der Waals surface area (Å²) in [5.74, 6) is 1.67. The Balaban J connectivity index is 1.19. The van der Waals surface area contributed by atoms with Crippen molar-refractivity contribution < 1.29 is 14.6 Å². The van der Waals surface area contributed by atoms with Crippen LogP contribution in [0, 0.1) is 5.92 Å². The predicted molar refractivity (Wildman–Crippen MR) is 123 cm³/mol. The Hall–Kier alpha value is -2.64. The average molecular weight is 455 g/mol. The number of hydrazone groups is 1. The molecule has 3 aliphatic rings. The first-order valence-electron chi connectivity index (χ1n) is 11.2. The van der Waals surface area contributed by atoms with Gasteiger partial charge in [0, 0.05) is 43.9 Å². The first-order chi connectivity index (χ1) is 15.5. The van der Waals surface area contributed by atoms with E-state index in [0.29, 0.717) is 49.0 Å². The molecule has 0 bridgehead atoms. The van der Waals surface area contributed by atoms with Crippen molar-refractivity contribution in [2.75, 3.05) is 18.1 Å².